The van der Waals surface area contributed by atoms with Gasteiger partial charge in [-0.25, -0.2) is 13.2 Å². The Kier molecular flexibility index (Phi) is 6.59. The van der Waals surface area contributed by atoms with Crippen LogP contribution < -0.4 is 9.64 Å². The molecule has 3 unspecified atom stereocenters. The third-order valence-electron chi connectivity index (χ3n) is 10.1. The third-order valence-corrected chi connectivity index (χ3v) is 10.5. The van der Waals surface area contributed by atoms with Gasteiger partial charge in [0.2, 0.25) is 0 Å². The van der Waals surface area contributed by atoms with E-state index in [2.05, 4.69) is 14.9 Å². The molecule has 8 rings (SSSR count). The highest BCUT2D eigenvalue weighted by molar-refractivity contribution is 6.37. The summed E-state index contributed by atoms with van der Waals surface area (Å²) in [6, 6.07) is 5.33. The zero-order valence-corrected chi connectivity index (χ0v) is 24.6. The lowest BCUT2D eigenvalue weighted by atomic mass is 9.95. The Morgan fingerprint density at radius 3 is 2.82 bits per heavy atom. The second kappa shape index (κ2) is 10.3. The number of aliphatic hydroxyl groups is 1. The minimum absolute atomic E-state index is 0.0320. The highest BCUT2D eigenvalue weighted by Crippen LogP contribution is 2.44. The topological polar surface area (TPSA) is 94.8 Å². The summed E-state index contributed by atoms with van der Waals surface area (Å²) in [5, 5.41) is 21.8. The molecule has 12 heteroatoms. The van der Waals surface area contributed by atoms with E-state index in [0.717, 1.165) is 25.8 Å². The van der Waals surface area contributed by atoms with Crippen LogP contribution in [0, 0.1) is 23.5 Å². The van der Waals surface area contributed by atoms with E-state index in [0.29, 0.717) is 49.1 Å². The molecule has 230 valence electrons. The highest BCUT2D eigenvalue weighted by Gasteiger charge is 2.49. The lowest BCUT2D eigenvalue weighted by molar-refractivity contribution is 0.107. The van der Waals surface area contributed by atoms with Crippen molar-refractivity contribution in [3.8, 4) is 23.0 Å². The summed E-state index contributed by atoms with van der Waals surface area (Å²) in [6.45, 7) is 2.53. The molecule has 5 atom stereocenters. The second-order valence-corrected chi connectivity index (χ2v) is 13.3. The molecule has 4 fully saturated rings. The normalized spacial score (nSPS) is 28.3. The molecule has 8 nitrogen and oxygen atoms in total. The van der Waals surface area contributed by atoms with Crippen LogP contribution in [0.25, 0.3) is 32.9 Å². The van der Waals surface area contributed by atoms with E-state index in [1.54, 1.807) is 0 Å². The van der Waals surface area contributed by atoms with Crippen molar-refractivity contribution in [3.63, 3.8) is 0 Å². The van der Waals surface area contributed by atoms with Crippen molar-refractivity contribution in [2.24, 2.45) is 11.8 Å². The van der Waals surface area contributed by atoms with E-state index >= 15 is 4.39 Å². The number of aliphatic hydroxyl groups excluding tert-OH is 1. The number of hydrogen-bond acceptors (Lipinski definition) is 8. The van der Waals surface area contributed by atoms with Crippen molar-refractivity contribution >= 4 is 39.1 Å². The van der Waals surface area contributed by atoms with Crippen molar-refractivity contribution in [2.45, 2.75) is 49.9 Å². The van der Waals surface area contributed by atoms with Gasteiger partial charge < -0.3 is 19.8 Å². The summed E-state index contributed by atoms with van der Waals surface area (Å²) in [5.41, 5.74) is -0.540. The minimum Gasteiger partial charge on any atom is -0.508 e. The van der Waals surface area contributed by atoms with E-state index in [9.17, 15) is 19.0 Å². The van der Waals surface area contributed by atoms with E-state index in [-0.39, 0.29) is 57.4 Å². The number of rotatable bonds is 5. The van der Waals surface area contributed by atoms with E-state index in [4.69, 9.17) is 21.3 Å². The van der Waals surface area contributed by atoms with E-state index in [1.165, 1.54) is 30.5 Å². The zero-order chi connectivity index (χ0) is 30.3. The van der Waals surface area contributed by atoms with Crippen LogP contribution in [-0.2, 0) is 0 Å². The Hall–Kier alpha value is -3.41. The Balaban J connectivity index is 1.26. The van der Waals surface area contributed by atoms with Crippen molar-refractivity contribution in [2.75, 3.05) is 37.7 Å². The van der Waals surface area contributed by atoms with Crippen LogP contribution in [0.1, 0.15) is 32.1 Å². The molecule has 4 aliphatic rings. The fourth-order valence-electron chi connectivity index (χ4n) is 8.13. The molecule has 2 bridgehead atoms. The number of fused-ring (bicyclic) bond motifs is 5. The number of halogens is 4. The number of ether oxygens (including phenoxy) is 1. The molecule has 5 heterocycles. The van der Waals surface area contributed by atoms with Gasteiger partial charge in [-0.3, -0.25) is 9.88 Å². The summed E-state index contributed by atoms with van der Waals surface area (Å²) >= 11 is 6.35. The van der Waals surface area contributed by atoms with Gasteiger partial charge in [0.25, 0.3) is 0 Å². The standard InChI is InChI=1S/C32H31ClF3N5O3/c33-26-23(35)3-2-17-8-20(42)9-21(25(17)26)28-27(36)29-22(11-37-28)30(40-12-16-6-18(13-40)24(43)7-16)39-31(38-29)44-15-32-4-1-5-41(32)14-19(34)10-32/h2-3,8-9,11,16,18-19,24,42-43H,1,4-7,10,12-15H2/t16?,18?,19-,24?,32+/m1/s1. The van der Waals surface area contributed by atoms with Gasteiger partial charge >= 0.3 is 6.01 Å². The maximum atomic E-state index is 16.7. The monoisotopic (exact) mass is 625 g/mol. The van der Waals surface area contributed by atoms with Crippen LogP contribution in [-0.4, -0.2) is 80.7 Å². The Labute approximate surface area is 256 Å². The molecular formula is C32H31ClF3N5O3. The SMILES string of the molecule is Oc1cc(-c2ncc3c(N4CC5CC(O)C(C5)C4)nc(OC[C@@]45CCCN4C[C@H](F)C5)nc3c2F)c2c(Cl)c(F)ccc2c1. The first-order valence-corrected chi connectivity index (χ1v) is 15.5. The van der Waals surface area contributed by atoms with Crippen LogP contribution >= 0.6 is 11.6 Å². The molecule has 2 aromatic carbocycles. The number of alkyl halides is 1. The van der Waals surface area contributed by atoms with Gasteiger partial charge in [-0.2, -0.15) is 9.97 Å². The summed E-state index contributed by atoms with van der Waals surface area (Å²) in [4.78, 5) is 17.9. The van der Waals surface area contributed by atoms with Gasteiger partial charge in [-0.15, -0.1) is 0 Å². The van der Waals surface area contributed by atoms with Gasteiger partial charge in [-0.1, -0.05) is 17.7 Å². The molecule has 44 heavy (non-hydrogen) atoms. The molecule has 3 aliphatic heterocycles. The van der Waals surface area contributed by atoms with E-state index < -0.39 is 29.4 Å². The molecule has 1 saturated carbocycles. The Morgan fingerprint density at radius 1 is 1.11 bits per heavy atom. The molecular weight excluding hydrogens is 595 g/mol. The fraction of sp³-hybridized carbons (Fsp3) is 0.469. The Morgan fingerprint density at radius 2 is 1.98 bits per heavy atom. The predicted molar refractivity (Wildman–Crippen MR) is 160 cm³/mol. The molecule has 0 amide bonds. The summed E-state index contributed by atoms with van der Waals surface area (Å²) < 4.78 is 51.8. The predicted octanol–water partition coefficient (Wildman–Crippen LogP) is 5.64. The maximum Gasteiger partial charge on any atom is 0.319 e. The van der Waals surface area contributed by atoms with E-state index in [1.807, 2.05) is 4.90 Å². The van der Waals surface area contributed by atoms with Crippen LogP contribution in [0.5, 0.6) is 11.8 Å². The zero-order valence-electron chi connectivity index (χ0n) is 23.8. The van der Waals surface area contributed by atoms with Gasteiger partial charge in [0.05, 0.1) is 22.1 Å². The molecule has 2 aromatic heterocycles. The lowest BCUT2D eigenvalue weighted by Gasteiger charge is -2.34. The van der Waals surface area contributed by atoms with Gasteiger partial charge in [0.15, 0.2) is 5.82 Å². The average Bonchev–Trinajstić information content (AvgIpc) is 3.61. The molecule has 4 aromatic rings. The molecule has 2 N–H and O–H groups in total. The van der Waals surface area contributed by atoms with Crippen molar-refractivity contribution in [1.82, 2.24) is 19.9 Å². The quantitative estimate of drug-likeness (QED) is 0.294. The number of hydrogen-bond donors (Lipinski definition) is 2. The first-order chi connectivity index (χ1) is 21.2. The van der Waals surface area contributed by atoms with Crippen molar-refractivity contribution in [1.29, 1.82) is 0 Å². The van der Waals surface area contributed by atoms with Gasteiger partial charge in [0, 0.05) is 49.1 Å². The minimum atomic E-state index is -0.929. The fourth-order valence-corrected chi connectivity index (χ4v) is 8.41. The van der Waals surface area contributed by atoms with Crippen LogP contribution in [0.15, 0.2) is 30.5 Å². The molecule has 0 spiro atoms. The molecule has 0 radical (unpaired) electrons. The van der Waals surface area contributed by atoms with Crippen molar-refractivity contribution < 1.29 is 28.1 Å². The summed E-state index contributed by atoms with van der Waals surface area (Å²) in [6.07, 6.45) is 3.89. The second-order valence-electron chi connectivity index (χ2n) is 12.9. The number of nitrogens with zero attached hydrogens (tertiary/aromatic N) is 5. The molecule has 3 saturated heterocycles. The smallest absolute Gasteiger partial charge is 0.319 e. The van der Waals surface area contributed by atoms with Crippen LogP contribution in [0.2, 0.25) is 5.02 Å². The number of piperidine rings is 1. The average molecular weight is 626 g/mol. The summed E-state index contributed by atoms with van der Waals surface area (Å²) in [7, 11) is 0. The highest BCUT2D eigenvalue weighted by atomic mass is 35.5. The number of anilines is 1. The number of phenolic OH excluding ortho intramolecular Hbond substituents is 1. The summed E-state index contributed by atoms with van der Waals surface area (Å²) in [5.74, 6) is -0.842. The maximum absolute atomic E-state index is 16.7. The Bertz CT molecular complexity index is 1810. The van der Waals surface area contributed by atoms with Gasteiger partial charge in [0.1, 0.15) is 41.4 Å². The lowest BCUT2D eigenvalue weighted by Crippen LogP contribution is -2.43. The first kappa shape index (κ1) is 28.1. The number of aromatic hydroxyl groups is 1. The van der Waals surface area contributed by atoms with Gasteiger partial charge in [-0.05, 0) is 61.7 Å². The third kappa shape index (κ3) is 4.46. The first-order valence-electron chi connectivity index (χ1n) is 15.1. The number of pyridine rings is 1. The largest absolute Gasteiger partial charge is 0.508 e. The van der Waals surface area contributed by atoms with Crippen molar-refractivity contribution in [3.05, 3.63) is 47.1 Å². The molecule has 1 aliphatic carbocycles. The van der Waals surface area contributed by atoms with Crippen LogP contribution in [0.3, 0.4) is 0 Å². The van der Waals surface area contributed by atoms with Crippen LogP contribution in [0.4, 0.5) is 19.0 Å². The number of phenols is 1. The number of aromatic nitrogens is 3. The number of benzene rings is 2.